The van der Waals surface area contributed by atoms with Crippen LogP contribution in [0.5, 0.6) is 0 Å². The first-order chi connectivity index (χ1) is 10.1. The van der Waals surface area contributed by atoms with Crippen molar-refractivity contribution in [2.75, 3.05) is 17.4 Å². The molecule has 1 aliphatic rings. The van der Waals surface area contributed by atoms with E-state index in [2.05, 4.69) is 33.3 Å². The van der Waals surface area contributed by atoms with E-state index in [0.29, 0.717) is 5.95 Å². The number of aliphatic hydroxyl groups excluding tert-OH is 1. The molecule has 2 atom stereocenters. The molecule has 6 nitrogen and oxygen atoms in total. The maximum absolute atomic E-state index is 10.3. The van der Waals surface area contributed by atoms with E-state index in [4.69, 9.17) is 5.84 Å². The zero-order chi connectivity index (χ0) is 15.0. The summed E-state index contributed by atoms with van der Waals surface area (Å²) in [5.41, 5.74) is 2.53. The summed E-state index contributed by atoms with van der Waals surface area (Å²) < 4.78 is 0. The number of hydrogen-bond donors (Lipinski definition) is 3. The van der Waals surface area contributed by atoms with Crippen molar-refractivity contribution in [3.63, 3.8) is 0 Å². The standard InChI is InChI=1S/C14H21N5OS/c1-8-7-9-12(16-14(18-15)17-13(9)21-8)19(2)10-5-3-4-6-11(10)20/h7,10-11,20H,3-6,15H2,1-2H3,(H,16,17,18). The third-order valence-corrected chi connectivity index (χ3v) is 5.09. The van der Waals surface area contributed by atoms with Gasteiger partial charge in [0.1, 0.15) is 10.6 Å². The molecule has 0 saturated heterocycles. The maximum Gasteiger partial charge on any atom is 0.240 e. The number of aromatic nitrogens is 2. The Bertz CT molecular complexity index is 644. The molecular formula is C14H21N5OS. The van der Waals surface area contributed by atoms with E-state index in [0.717, 1.165) is 41.7 Å². The monoisotopic (exact) mass is 307 g/mol. The van der Waals surface area contributed by atoms with Crippen LogP contribution in [0.3, 0.4) is 0 Å². The van der Waals surface area contributed by atoms with Crippen LogP contribution in [0.1, 0.15) is 30.6 Å². The fourth-order valence-corrected chi connectivity index (χ4v) is 3.93. The molecule has 2 heterocycles. The number of aliphatic hydroxyl groups is 1. The number of rotatable bonds is 3. The molecule has 1 saturated carbocycles. The number of thiophene rings is 1. The number of hydrogen-bond acceptors (Lipinski definition) is 7. The van der Waals surface area contributed by atoms with Crippen molar-refractivity contribution in [2.45, 2.75) is 44.8 Å². The Hall–Kier alpha value is -1.44. The van der Waals surface area contributed by atoms with Crippen LogP contribution in [0.2, 0.25) is 0 Å². The van der Waals surface area contributed by atoms with Crippen molar-refractivity contribution in [1.29, 1.82) is 0 Å². The molecule has 0 aromatic carbocycles. The van der Waals surface area contributed by atoms with Gasteiger partial charge in [-0.05, 0) is 25.8 Å². The predicted octanol–water partition coefficient (Wildman–Crippen LogP) is 2.03. The lowest BCUT2D eigenvalue weighted by Gasteiger charge is -2.36. The summed E-state index contributed by atoms with van der Waals surface area (Å²) in [6.45, 7) is 2.06. The van der Waals surface area contributed by atoms with Crippen LogP contribution in [0, 0.1) is 6.92 Å². The van der Waals surface area contributed by atoms with Gasteiger partial charge in [-0.2, -0.15) is 4.98 Å². The Morgan fingerprint density at radius 2 is 2.14 bits per heavy atom. The predicted molar refractivity (Wildman–Crippen MR) is 86.6 cm³/mol. The van der Waals surface area contributed by atoms with E-state index in [1.165, 1.54) is 4.88 Å². The van der Waals surface area contributed by atoms with E-state index in [9.17, 15) is 5.11 Å². The summed E-state index contributed by atoms with van der Waals surface area (Å²) in [4.78, 5) is 13.1. The Labute approximate surface area is 128 Å². The van der Waals surface area contributed by atoms with E-state index in [1.54, 1.807) is 11.3 Å². The molecule has 3 rings (SSSR count). The number of nitrogens with zero attached hydrogens (tertiary/aromatic N) is 3. The molecule has 0 aliphatic heterocycles. The number of nitrogen functional groups attached to an aromatic ring is 1. The molecule has 2 aromatic heterocycles. The Balaban J connectivity index is 2.05. The fraction of sp³-hybridized carbons (Fsp3) is 0.571. The lowest BCUT2D eigenvalue weighted by molar-refractivity contribution is 0.106. The molecule has 114 valence electrons. The number of fused-ring (bicyclic) bond motifs is 1. The molecule has 2 aromatic rings. The molecule has 2 unspecified atom stereocenters. The topological polar surface area (TPSA) is 87.3 Å². The number of hydrazine groups is 1. The fourth-order valence-electron chi connectivity index (χ4n) is 3.06. The molecule has 21 heavy (non-hydrogen) atoms. The molecular weight excluding hydrogens is 286 g/mol. The second-order valence-corrected chi connectivity index (χ2v) is 6.86. The molecule has 0 spiro atoms. The molecule has 0 bridgehead atoms. The molecule has 1 aliphatic carbocycles. The van der Waals surface area contributed by atoms with Gasteiger partial charge < -0.3 is 10.0 Å². The summed E-state index contributed by atoms with van der Waals surface area (Å²) in [5, 5.41) is 11.3. The Morgan fingerprint density at radius 3 is 2.86 bits per heavy atom. The van der Waals surface area contributed by atoms with Crippen molar-refractivity contribution < 1.29 is 5.11 Å². The minimum Gasteiger partial charge on any atom is -0.391 e. The van der Waals surface area contributed by atoms with Gasteiger partial charge in [0, 0.05) is 11.9 Å². The average Bonchev–Trinajstić information content (AvgIpc) is 2.86. The number of likely N-dealkylation sites (N-methyl/N-ethyl adjacent to an activating group) is 1. The Kier molecular flexibility index (Phi) is 3.97. The van der Waals surface area contributed by atoms with Crippen molar-refractivity contribution in [1.82, 2.24) is 9.97 Å². The minimum absolute atomic E-state index is 0.0997. The van der Waals surface area contributed by atoms with Crippen LogP contribution < -0.4 is 16.2 Å². The van der Waals surface area contributed by atoms with Crippen LogP contribution in [-0.4, -0.2) is 34.3 Å². The zero-order valence-corrected chi connectivity index (χ0v) is 13.2. The number of aryl methyl sites for hydroxylation is 1. The SMILES string of the molecule is Cc1cc2c(N(C)C3CCCCC3O)nc(NN)nc2s1. The van der Waals surface area contributed by atoms with E-state index in [-0.39, 0.29) is 12.1 Å². The third kappa shape index (κ3) is 2.68. The number of anilines is 2. The van der Waals surface area contributed by atoms with E-state index >= 15 is 0 Å². The molecule has 0 amide bonds. The van der Waals surface area contributed by atoms with Crippen LogP contribution >= 0.6 is 11.3 Å². The zero-order valence-electron chi connectivity index (χ0n) is 12.3. The summed E-state index contributed by atoms with van der Waals surface area (Å²) in [6, 6.07) is 2.20. The van der Waals surface area contributed by atoms with Gasteiger partial charge in [-0.25, -0.2) is 10.8 Å². The van der Waals surface area contributed by atoms with Crippen molar-refractivity contribution in [2.24, 2.45) is 5.84 Å². The molecule has 1 fully saturated rings. The molecule has 7 heteroatoms. The van der Waals surface area contributed by atoms with Crippen molar-refractivity contribution in [3.05, 3.63) is 10.9 Å². The first kappa shape index (κ1) is 14.5. The molecule has 4 N–H and O–H groups in total. The summed E-state index contributed by atoms with van der Waals surface area (Å²) in [6.07, 6.45) is 3.77. The minimum atomic E-state index is -0.303. The second kappa shape index (κ2) is 5.75. The summed E-state index contributed by atoms with van der Waals surface area (Å²) in [5.74, 6) is 6.73. The van der Waals surface area contributed by atoms with Crippen LogP contribution in [-0.2, 0) is 0 Å². The van der Waals surface area contributed by atoms with E-state index < -0.39 is 0 Å². The van der Waals surface area contributed by atoms with Crippen LogP contribution in [0.15, 0.2) is 6.07 Å². The molecule has 0 radical (unpaired) electrons. The normalized spacial score (nSPS) is 22.5. The van der Waals surface area contributed by atoms with Gasteiger partial charge in [0.15, 0.2) is 0 Å². The smallest absolute Gasteiger partial charge is 0.240 e. The van der Waals surface area contributed by atoms with Crippen LogP contribution in [0.4, 0.5) is 11.8 Å². The first-order valence-corrected chi connectivity index (χ1v) is 8.07. The summed E-state index contributed by atoms with van der Waals surface area (Å²) >= 11 is 1.62. The third-order valence-electron chi connectivity index (χ3n) is 4.15. The average molecular weight is 307 g/mol. The highest BCUT2D eigenvalue weighted by molar-refractivity contribution is 7.18. The van der Waals surface area contributed by atoms with Gasteiger partial charge in [-0.15, -0.1) is 11.3 Å². The second-order valence-electron chi connectivity index (χ2n) is 5.62. The highest BCUT2D eigenvalue weighted by Crippen LogP contribution is 2.34. The highest BCUT2D eigenvalue weighted by Gasteiger charge is 2.29. The van der Waals surface area contributed by atoms with Gasteiger partial charge in [0.05, 0.1) is 17.5 Å². The van der Waals surface area contributed by atoms with Crippen LogP contribution in [0.25, 0.3) is 10.2 Å². The number of nitrogens with two attached hydrogens (primary N) is 1. The quantitative estimate of drug-likeness (QED) is 0.594. The lowest BCUT2D eigenvalue weighted by atomic mass is 9.91. The maximum atomic E-state index is 10.3. The number of nitrogens with one attached hydrogen (secondary N) is 1. The van der Waals surface area contributed by atoms with Gasteiger partial charge in [0.25, 0.3) is 0 Å². The van der Waals surface area contributed by atoms with Gasteiger partial charge in [-0.3, -0.25) is 5.43 Å². The van der Waals surface area contributed by atoms with Gasteiger partial charge >= 0.3 is 0 Å². The van der Waals surface area contributed by atoms with Crippen molar-refractivity contribution >= 4 is 33.3 Å². The highest BCUT2D eigenvalue weighted by atomic mass is 32.1. The van der Waals surface area contributed by atoms with Crippen molar-refractivity contribution in [3.8, 4) is 0 Å². The van der Waals surface area contributed by atoms with Gasteiger partial charge in [0.2, 0.25) is 5.95 Å². The Morgan fingerprint density at radius 1 is 1.38 bits per heavy atom. The lowest BCUT2D eigenvalue weighted by Crippen LogP contribution is -2.44. The van der Waals surface area contributed by atoms with E-state index in [1.807, 2.05) is 7.05 Å². The van der Waals surface area contributed by atoms with Gasteiger partial charge in [-0.1, -0.05) is 12.8 Å². The first-order valence-electron chi connectivity index (χ1n) is 7.26. The summed E-state index contributed by atoms with van der Waals surface area (Å²) in [7, 11) is 1.99. The largest absolute Gasteiger partial charge is 0.391 e.